The van der Waals surface area contributed by atoms with Gasteiger partial charge in [0.15, 0.2) is 0 Å². The highest BCUT2D eigenvalue weighted by Crippen LogP contribution is 2.14. The van der Waals surface area contributed by atoms with Crippen LogP contribution in [0.15, 0.2) is 18.3 Å². The van der Waals surface area contributed by atoms with E-state index in [1.54, 1.807) is 6.07 Å². The van der Waals surface area contributed by atoms with E-state index in [4.69, 9.17) is 0 Å². The predicted molar refractivity (Wildman–Crippen MR) is 64.8 cm³/mol. The summed E-state index contributed by atoms with van der Waals surface area (Å²) in [4.78, 5) is 13.9. The quantitative estimate of drug-likeness (QED) is 0.583. The third-order valence-electron chi connectivity index (χ3n) is 2.29. The second-order valence-corrected chi connectivity index (χ2v) is 4.31. The first-order valence-corrected chi connectivity index (χ1v) is 5.50. The van der Waals surface area contributed by atoms with Gasteiger partial charge in [0.25, 0.3) is 5.69 Å². The summed E-state index contributed by atoms with van der Waals surface area (Å²) in [6.07, 6.45) is 2.02. The fourth-order valence-corrected chi connectivity index (χ4v) is 1.54. The highest BCUT2D eigenvalue weighted by molar-refractivity contribution is 5.40. The van der Waals surface area contributed by atoms with Crippen LogP contribution >= 0.6 is 0 Å². The summed E-state index contributed by atoms with van der Waals surface area (Å²) >= 11 is 0. The molecule has 0 aliphatic rings. The van der Waals surface area contributed by atoms with Crippen molar-refractivity contribution >= 4 is 11.5 Å². The zero-order valence-electron chi connectivity index (χ0n) is 9.96. The number of aliphatic hydroxyl groups is 1. The van der Waals surface area contributed by atoms with Gasteiger partial charge in [0.2, 0.25) is 0 Å². The number of hydrogen-bond donors (Lipinski definition) is 2. The van der Waals surface area contributed by atoms with Crippen molar-refractivity contribution in [1.29, 1.82) is 0 Å². The number of nitrogens with one attached hydrogen (secondary N) is 1. The van der Waals surface area contributed by atoms with Gasteiger partial charge >= 0.3 is 0 Å². The van der Waals surface area contributed by atoms with Crippen molar-refractivity contribution < 1.29 is 10.0 Å². The third-order valence-corrected chi connectivity index (χ3v) is 2.29. The summed E-state index contributed by atoms with van der Waals surface area (Å²) in [5.41, 5.74) is -0.0417. The van der Waals surface area contributed by atoms with Crippen molar-refractivity contribution in [2.45, 2.75) is 26.3 Å². The molecule has 2 N–H and O–H groups in total. The second kappa shape index (κ2) is 6.15. The molecule has 1 heterocycles. The standard InChI is InChI=1S/C11H17N3O3/c1-8(2)5-9(7-15)13-11-4-3-10(6-12-11)14(16)17/h3-4,6,8-9,15H,5,7H2,1-2H3,(H,12,13). The van der Waals surface area contributed by atoms with Crippen molar-refractivity contribution in [2.24, 2.45) is 5.92 Å². The lowest BCUT2D eigenvalue weighted by Gasteiger charge is -2.18. The Labute approximate surface area is 99.8 Å². The Morgan fingerprint density at radius 3 is 2.65 bits per heavy atom. The Bertz CT molecular complexity index is 365. The molecule has 6 nitrogen and oxygen atoms in total. The smallest absolute Gasteiger partial charge is 0.287 e. The van der Waals surface area contributed by atoms with Gasteiger partial charge in [-0.05, 0) is 18.4 Å². The van der Waals surface area contributed by atoms with Crippen LogP contribution in [0.1, 0.15) is 20.3 Å². The first kappa shape index (κ1) is 13.4. The zero-order valence-corrected chi connectivity index (χ0v) is 9.96. The first-order valence-electron chi connectivity index (χ1n) is 5.50. The van der Waals surface area contributed by atoms with E-state index in [9.17, 15) is 15.2 Å². The van der Waals surface area contributed by atoms with E-state index >= 15 is 0 Å². The van der Waals surface area contributed by atoms with Crippen LogP contribution in [-0.2, 0) is 0 Å². The molecule has 94 valence electrons. The van der Waals surface area contributed by atoms with Crippen LogP contribution in [0.3, 0.4) is 0 Å². The normalized spacial score (nSPS) is 12.5. The molecule has 6 heteroatoms. The Morgan fingerprint density at radius 1 is 1.53 bits per heavy atom. The molecule has 1 rings (SSSR count). The van der Waals surface area contributed by atoms with E-state index < -0.39 is 4.92 Å². The number of pyridine rings is 1. The molecule has 1 unspecified atom stereocenters. The van der Waals surface area contributed by atoms with Gasteiger partial charge < -0.3 is 10.4 Å². The minimum atomic E-state index is -0.492. The number of aliphatic hydroxyl groups excluding tert-OH is 1. The third kappa shape index (κ3) is 4.36. The average Bonchev–Trinajstić information content (AvgIpc) is 2.28. The Morgan fingerprint density at radius 2 is 2.24 bits per heavy atom. The van der Waals surface area contributed by atoms with Crippen molar-refractivity contribution in [2.75, 3.05) is 11.9 Å². The maximum atomic E-state index is 10.4. The highest BCUT2D eigenvalue weighted by Gasteiger charge is 2.11. The molecular formula is C11H17N3O3. The largest absolute Gasteiger partial charge is 0.394 e. The number of nitrogens with zero attached hydrogens (tertiary/aromatic N) is 2. The minimum absolute atomic E-state index is 0.0108. The topological polar surface area (TPSA) is 88.3 Å². The van der Waals surface area contributed by atoms with Crippen molar-refractivity contribution in [3.8, 4) is 0 Å². The van der Waals surface area contributed by atoms with E-state index in [1.165, 1.54) is 12.3 Å². The van der Waals surface area contributed by atoms with Gasteiger partial charge in [-0.1, -0.05) is 13.8 Å². The van der Waals surface area contributed by atoms with Crippen LogP contribution in [0.2, 0.25) is 0 Å². The first-order chi connectivity index (χ1) is 8.02. The van der Waals surface area contributed by atoms with Crippen molar-refractivity contribution in [3.05, 3.63) is 28.4 Å². The Kier molecular flexibility index (Phi) is 4.84. The van der Waals surface area contributed by atoms with Crippen molar-refractivity contribution in [3.63, 3.8) is 0 Å². The molecule has 1 aromatic heterocycles. The molecule has 0 radical (unpaired) electrons. The molecule has 0 fully saturated rings. The lowest BCUT2D eigenvalue weighted by molar-refractivity contribution is -0.385. The predicted octanol–water partition coefficient (Wildman–Crippen LogP) is 1.81. The summed E-state index contributed by atoms with van der Waals surface area (Å²) in [6, 6.07) is 2.85. The Hall–Kier alpha value is -1.69. The molecule has 0 aliphatic carbocycles. The van der Waals surface area contributed by atoms with Crippen molar-refractivity contribution in [1.82, 2.24) is 4.98 Å². The number of hydrogen-bond acceptors (Lipinski definition) is 5. The highest BCUT2D eigenvalue weighted by atomic mass is 16.6. The van der Waals surface area contributed by atoms with Crippen LogP contribution in [0.25, 0.3) is 0 Å². The van der Waals surface area contributed by atoms with E-state index in [0.717, 1.165) is 6.42 Å². The van der Waals surface area contributed by atoms with Gasteiger partial charge in [-0.2, -0.15) is 0 Å². The summed E-state index contributed by atoms with van der Waals surface area (Å²) in [6.45, 7) is 4.14. The molecule has 0 aliphatic heterocycles. The maximum Gasteiger partial charge on any atom is 0.287 e. The van der Waals surface area contributed by atoms with Gasteiger partial charge in [0, 0.05) is 6.07 Å². The molecule has 0 amide bonds. The summed E-state index contributed by atoms with van der Waals surface area (Å²) in [5.74, 6) is 0.994. The number of rotatable bonds is 6. The molecule has 0 bridgehead atoms. The van der Waals surface area contributed by atoms with Crippen LogP contribution in [0, 0.1) is 16.0 Å². The van der Waals surface area contributed by atoms with E-state index in [0.29, 0.717) is 11.7 Å². The molecule has 17 heavy (non-hydrogen) atoms. The van der Waals surface area contributed by atoms with Crippen LogP contribution in [0.4, 0.5) is 11.5 Å². The fraction of sp³-hybridized carbons (Fsp3) is 0.545. The van der Waals surface area contributed by atoms with Gasteiger partial charge in [0.05, 0.1) is 17.6 Å². The minimum Gasteiger partial charge on any atom is -0.394 e. The molecular weight excluding hydrogens is 222 g/mol. The number of aromatic nitrogens is 1. The van der Waals surface area contributed by atoms with Crippen LogP contribution in [0.5, 0.6) is 0 Å². The molecule has 0 aromatic carbocycles. The summed E-state index contributed by atoms with van der Waals surface area (Å²) in [7, 11) is 0. The lowest BCUT2D eigenvalue weighted by Crippen LogP contribution is -2.26. The molecule has 0 saturated heterocycles. The van der Waals surface area contributed by atoms with E-state index in [1.807, 2.05) is 0 Å². The van der Waals surface area contributed by atoms with Gasteiger partial charge in [-0.3, -0.25) is 10.1 Å². The average molecular weight is 239 g/mol. The van der Waals surface area contributed by atoms with Crippen LogP contribution < -0.4 is 5.32 Å². The van der Waals surface area contributed by atoms with Crippen LogP contribution in [-0.4, -0.2) is 27.7 Å². The fourth-order valence-electron chi connectivity index (χ4n) is 1.54. The monoisotopic (exact) mass is 239 g/mol. The van der Waals surface area contributed by atoms with E-state index in [2.05, 4.69) is 24.1 Å². The lowest BCUT2D eigenvalue weighted by atomic mass is 10.0. The molecule has 0 saturated carbocycles. The Balaban J connectivity index is 2.64. The number of nitro groups is 1. The molecule has 1 atom stereocenters. The summed E-state index contributed by atoms with van der Waals surface area (Å²) in [5, 5.41) is 22.7. The van der Waals surface area contributed by atoms with Gasteiger partial charge in [-0.25, -0.2) is 4.98 Å². The second-order valence-electron chi connectivity index (χ2n) is 4.31. The van der Waals surface area contributed by atoms with Gasteiger partial charge in [0.1, 0.15) is 12.0 Å². The SMILES string of the molecule is CC(C)CC(CO)Nc1ccc([N+](=O)[O-])cn1. The summed E-state index contributed by atoms with van der Waals surface area (Å²) < 4.78 is 0. The zero-order chi connectivity index (χ0) is 12.8. The molecule has 1 aromatic rings. The van der Waals surface area contributed by atoms with E-state index in [-0.39, 0.29) is 18.3 Å². The van der Waals surface area contributed by atoms with Gasteiger partial charge in [-0.15, -0.1) is 0 Å². The maximum absolute atomic E-state index is 10.4. The number of anilines is 1. The molecule has 0 spiro atoms.